The maximum absolute atomic E-state index is 13.1. The van der Waals surface area contributed by atoms with Crippen molar-refractivity contribution in [2.45, 2.75) is 12.4 Å². The lowest BCUT2D eigenvalue weighted by Crippen LogP contribution is -2.18. The Morgan fingerprint density at radius 3 is 2.13 bits per heavy atom. The molecule has 4 nitrogen and oxygen atoms in total. The van der Waals surface area contributed by atoms with Gasteiger partial charge in [0.25, 0.3) is 5.56 Å². The first-order chi connectivity index (χ1) is 10.5. The minimum absolute atomic E-state index is 0.198. The van der Waals surface area contributed by atoms with Gasteiger partial charge in [0.15, 0.2) is 5.82 Å². The Kier molecular flexibility index (Phi) is 4.05. The SMILES string of the molecule is O=c1cc(C(F)(F)F)c(Nc2ccc(F)c(C(F)(F)F)c2)n[nH]1. The van der Waals surface area contributed by atoms with Gasteiger partial charge in [0.05, 0.1) is 5.56 Å². The van der Waals surface area contributed by atoms with Gasteiger partial charge in [0.2, 0.25) is 0 Å². The molecule has 0 aliphatic rings. The van der Waals surface area contributed by atoms with Crippen LogP contribution in [0.15, 0.2) is 29.1 Å². The molecule has 1 heterocycles. The zero-order valence-electron chi connectivity index (χ0n) is 10.8. The van der Waals surface area contributed by atoms with Crippen molar-refractivity contribution in [3.05, 3.63) is 51.6 Å². The molecule has 2 aromatic rings. The number of benzene rings is 1. The molecule has 0 atom stereocenters. The Balaban J connectivity index is 2.47. The smallest absolute Gasteiger partial charge is 0.338 e. The molecule has 0 aliphatic carbocycles. The monoisotopic (exact) mass is 341 g/mol. The summed E-state index contributed by atoms with van der Waals surface area (Å²) in [6, 6.07) is 1.74. The number of nitrogens with zero attached hydrogens (tertiary/aromatic N) is 1. The van der Waals surface area contributed by atoms with Crippen LogP contribution in [0.4, 0.5) is 42.2 Å². The maximum Gasteiger partial charge on any atom is 0.420 e. The second-order valence-electron chi connectivity index (χ2n) is 4.31. The quantitative estimate of drug-likeness (QED) is 0.819. The van der Waals surface area contributed by atoms with E-state index in [1.54, 1.807) is 5.10 Å². The summed E-state index contributed by atoms with van der Waals surface area (Å²) in [6.45, 7) is 0. The normalized spacial score (nSPS) is 12.3. The molecule has 2 rings (SSSR count). The van der Waals surface area contributed by atoms with Gasteiger partial charge in [-0.05, 0) is 18.2 Å². The molecule has 1 aromatic carbocycles. The Morgan fingerprint density at radius 1 is 0.957 bits per heavy atom. The number of aromatic amines is 1. The zero-order valence-corrected chi connectivity index (χ0v) is 10.8. The molecule has 124 valence electrons. The fraction of sp³-hybridized carbons (Fsp3) is 0.167. The number of nitrogens with one attached hydrogen (secondary N) is 2. The van der Waals surface area contributed by atoms with Gasteiger partial charge in [0.1, 0.15) is 11.4 Å². The van der Waals surface area contributed by atoms with Crippen molar-refractivity contribution in [1.29, 1.82) is 0 Å². The van der Waals surface area contributed by atoms with Crippen LogP contribution in [0.1, 0.15) is 11.1 Å². The molecular formula is C12H6F7N3O. The fourth-order valence-electron chi connectivity index (χ4n) is 1.67. The lowest BCUT2D eigenvalue weighted by atomic mass is 10.1. The van der Waals surface area contributed by atoms with Crippen molar-refractivity contribution in [2.75, 3.05) is 5.32 Å². The molecule has 0 unspecified atom stereocenters. The first-order valence-electron chi connectivity index (χ1n) is 5.79. The highest BCUT2D eigenvalue weighted by Gasteiger charge is 2.36. The first kappa shape index (κ1) is 16.8. The molecule has 0 bridgehead atoms. The van der Waals surface area contributed by atoms with Crippen LogP contribution in [-0.4, -0.2) is 10.2 Å². The second-order valence-corrected chi connectivity index (χ2v) is 4.31. The lowest BCUT2D eigenvalue weighted by Gasteiger charge is -2.14. The van der Waals surface area contributed by atoms with E-state index in [0.717, 1.165) is 6.07 Å². The Hall–Kier alpha value is -2.59. The third-order valence-electron chi connectivity index (χ3n) is 2.65. The average molecular weight is 341 g/mol. The van der Waals surface area contributed by atoms with Crippen molar-refractivity contribution in [2.24, 2.45) is 0 Å². The third-order valence-corrected chi connectivity index (χ3v) is 2.65. The van der Waals surface area contributed by atoms with E-state index in [9.17, 15) is 35.5 Å². The first-order valence-corrected chi connectivity index (χ1v) is 5.79. The number of aromatic nitrogens is 2. The highest BCUT2D eigenvalue weighted by molar-refractivity contribution is 5.60. The summed E-state index contributed by atoms with van der Waals surface area (Å²) in [4.78, 5) is 10.9. The molecule has 0 aliphatic heterocycles. The zero-order chi connectivity index (χ0) is 17.4. The summed E-state index contributed by atoms with van der Waals surface area (Å²) in [7, 11) is 0. The van der Waals surface area contributed by atoms with Crippen molar-refractivity contribution < 1.29 is 30.7 Å². The molecule has 0 radical (unpaired) electrons. The van der Waals surface area contributed by atoms with Gasteiger partial charge in [-0.3, -0.25) is 4.79 Å². The highest BCUT2D eigenvalue weighted by atomic mass is 19.4. The van der Waals surface area contributed by atoms with E-state index < -0.39 is 46.4 Å². The number of anilines is 2. The summed E-state index contributed by atoms with van der Waals surface area (Å²) < 4.78 is 89.2. The van der Waals surface area contributed by atoms with E-state index in [-0.39, 0.29) is 6.07 Å². The summed E-state index contributed by atoms with van der Waals surface area (Å²) in [5, 5.41) is 6.81. The Labute approximate surface area is 122 Å². The number of alkyl halides is 6. The van der Waals surface area contributed by atoms with Gasteiger partial charge < -0.3 is 5.32 Å². The van der Waals surface area contributed by atoms with Crippen molar-refractivity contribution >= 4 is 11.5 Å². The van der Waals surface area contributed by atoms with Crippen LogP contribution in [0.25, 0.3) is 0 Å². The van der Waals surface area contributed by atoms with E-state index in [2.05, 4.69) is 5.10 Å². The van der Waals surface area contributed by atoms with Crippen LogP contribution in [-0.2, 0) is 12.4 Å². The maximum atomic E-state index is 13.1. The molecule has 11 heteroatoms. The van der Waals surface area contributed by atoms with Crippen LogP contribution < -0.4 is 10.9 Å². The summed E-state index contributed by atoms with van der Waals surface area (Å²) >= 11 is 0. The Bertz CT molecular complexity index is 779. The molecule has 0 saturated heterocycles. The number of H-pyrrole nitrogens is 1. The lowest BCUT2D eigenvalue weighted by molar-refractivity contribution is -0.140. The molecule has 1 aromatic heterocycles. The van der Waals surface area contributed by atoms with Gasteiger partial charge >= 0.3 is 12.4 Å². The van der Waals surface area contributed by atoms with Crippen LogP contribution in [0.5, 0.6) is 0 Å². The summed E-state index contributed by atoms with van der Waals surface area (Å²) in [5.41, 5.74) is -4.75. The van der Waals surface area contributed by atoms with Gasteiger partial charge in [-0.1, -0.05) is 0 Å². The molecule has 0 fully saturated rings. The summed E-state index contributed by atoms with van der Waals surface area (Å²) in [6.07, 6.45) is -9.98. The predicted molar refractivity (Wildman–Crippen MR) is 64.5 cm³/mol. The van der Waals surface area contributed by atoms with Crippen molar-refractivity contribution in [1.82, 2.24) is 10.2 Å². The topological polar surface area (TPSA) is 57.8 Å². The number of rotatable bonds is 2. The van der Waals surface area contributed by atoms with E-state index in [0.29, 0.717) is 12.1 Å². The van der Waals surface area contributed by atoms with E-state index >= 15 is 0 Å². The standard InChI is InChI=1S/C12H6F7N3O/c13-8-2-1-5(3-6(8)11(14,15)16)20-10-7(12(17,18)19)4-9(23)21-22-10/h1-4H,(H,20,22)(H,21,23). The van der Waals surface area contributed by atoms with Crippen LogP contribution in [0.2, 0.25) is 0 Å². The molecule has 0 spiro atoms. The minimum atomic E-state index is -5.02. The molecule has 0 saturated carbocycles. The van der Waals surface area contributed by atoms with E-state index in [4.69, 9.17) is 0 Å². The van der Waals surface area contributed by atoms with Crippen molar-refractivity contribution in [3.8, 4) is 0 Å². The highest BCUT2D eigenvalue weighted by Crippen LogP contribution is 2.36. The number of halogens is 7. The third kappa shape index (κ3) is 3.79. The van der Waals surface area contributed by atoms with Gasteiger partial charge in [-0.25, -0.2) is 9.49 Å². The minimum Gasteiger partial charge on any atom is -0.338 e. The molecule has 2 N–H and O–H groups in total. The largest absolute Gasteiger partial charge is 0.420 e. The predicted octanol–water partition coefficient (Wildman–Crippen LogP) is 3.69. The van der Waals surface area contributed by atoms with Gasteiger partial charge in [-0.15, -0.1) is 0 Å². The van der Waals surface area contributed by atoms with E-state index in [1.165, 1.54) is 0 Å². The molecular weight excluding hydrogens is 335 g/mol. The average Bonchev–Trinajstić information content (AvgIpc) is 2.40. The van der Waals surface area contributed by atoms with Gasteiger partial charge in [-0.2, -0.15) is 31.4 Å². The van der Waals surface area contributed by atoms with Crippen molar-refractivity contribution in [3.63, 3.8) is 0 Å². The van der Waals surface area contributed by atoms with Crippen LogP contribution in [0, 0.1) is 5.82 Å². The van der Waals surface area contributed by atoms with Crippen LogP contribution >= 0.6 is 0 Å². The molecule has 0 amide bonds. The summed E-state index contributed by atoms with van der Waals surface area (Å²) in [5.74, 6) is -2.50. The number of hydrogen-bond acceptors (Lipinski definition) is 3. The number of hydrogen-bond donors (Lipinski definition) is 2. The van der Waals surface area contributed by atoms with E-state index in [1.807, 2.05) is 5.32 Å². The van der Waals surface area contributed by atoms with Gasteiger partial charge in [0, 0.05) is 11.8 Å². The fourth-order valence-corrected chi connectivity index (χ4v) is 1.67. The molecule has 23 heavy (non-hydrogen) atoms. The van der Waals surface area contributed by atoms with Crippen LogP contribution in [0.3, 0.4) is 0 Å². The Morgan fingerprint density at radius 2 is 1.57 bits per heavy atom. The second kappa shape index (κ2) is 5.56.